The highest BCUT2D eigenvalue weighted by Gasteiger charge is 2.37. The van der Waals surface area contributed by atoms with E-state index in [9.17, 15) is 24.3 Å². The second-order valence-electron chi connectivity index (χ2n) is 11.1. The summed E-state index contributed by atoms with van der Waals surface area (Å²) in [7, 11) is 0. The van der Waals surface area contributed by atoms with Gasteiger partial charge in [0.2, 0.25) is 0 Å². The maximum atomic E-state index is 13.7. The van der Waals surface area contributed by atoms with Gasteiger partial charge in [0.25, 0.3) is 16.8 Å². The van der Waals surface area contributed by atoms with Gasteiger partial charge in [-0.2, -0.15) is 0 Å². The average molecular weight is 562 g/mol. The monoisotopic (exact) mass is 561 g/mol. The summed E-state index contributed by atoms with van der Waals surface area (Å²) in [6.45, 7) is 9.63. The zero-order valence-corrected chi connectivity index (χ0v) is 23.4. The predicted molar refractivity (Wildman–Crippen MR) is 154 cm³/mol. The highest BCUT2D eigenvalue weighted by Crippen LogP contribution is 2.41. The van der Waals surface area contributed by atoms with Crippen LogP contribution < -0.4 is 26.4 Å². The Morgan fingerprint density at radius 3 is 2.35 bits per heavy atom. The molecule has 0 saturated carbocycles. The van der Waals surface area contributed by atoms with E-state index < -0.39 is 28.8 Å². The number of rotatable bonds is 7. The number of hydrogen-bond acceptors (Lipinski definition) is 7. The maximum Gasteiger partial charge on any atom is 0.337 e. The molecule has 0 radical (unpaired) electrons. The van der Waals surface area contributed by atoms with E-state index in [2.05, 4.69) is 10.6 Å². The molecule has 0 bridgehead atoms. The van der Waals surface area contributed by atoms with Crippen LogP contribution in [0.2, 0.25) is 5.02 Å². The van der Waals surface area contributed by atoms with Gasteiger partial charge in [0.1, 0.15) is 22.9 Å². The maximum absolute atomic E-state index is 13.7. The van der Waals surface area contributed by atoms with Crippen molar-refractivity contribution in [3.05, 3.63) is 102 Å². The van der Waals surface area contributed by atoms with Crippen molar-refractivity contribution in [3.8, 4) is 0 Å². The molecule has 40 heavy (non-hydrogen) atoms. The van der Waals surface area contributed by atoms with Gasteiger partial charge in [-0.1, -0.05) is 38.4 Å². The fraction of sp³-hybridized carbons (Fsp3) is 0.267. The molecule has 1 amide bonds. The zero-order chi connectivity index (χ0) is 29.1. The molecular formula is C30H28ClN3O6. The lowest BCUT2D eigenvalue weighted by Gasteiger charge is -2.31. The Morgan fingerprint density at radius 1 is 1.02 bits per heavy atom. The van der Waals surface area contributed by atoms with E-state index in [0.29, 0.717) is 22.1 Å². The third-order valence-corrected chi connectivity index (χ3v) is 7.43. The topological polar surface area (TPSA) is 129 Å². The third kappa shape index (κ3) is 4.56. The highest BCUT2D eigenvalue weighted by atomic mass is 35.5. The number of carboxylic acids is 1. The number of carbonyl (C=O) groups excluding carboxylic acids is 1. The van der Waals surface area contributed by atoms with Crippen LogP contribution in [-0.4, -0.2) is 17.0 Å². The molecule has 206 valence electrons. The molecule has 3 N–H and O–H groups in total. The fourth-order valence-corrected chi connectivity index (χ4v) is 5.20. The number of furan rings is 1. The van der Waals surface area contributed by atoms with Crippen LogP contribution in [-0.2, 0) is 6.54 Å². The second-order valence-corrected chi connectivity index (χ2v) is 11.5. The summed E-state index contributed by atoms with van der Waals surface area (Å²) in [5.41, 5.74) is 0.335. The number of nitrogens with one attached hydrogen (secondary N) is 2. The lowest BCUT2D eigenvalue weighted by Crippen LogP contribution is -2.39. The molecule has 1 aliphatic rings. The van der Waals surface area contributed by atoms with Crippen molar-refractivity contribution in [1.29, 1.82) is 0 Å². The summed E-state index contributed by atoms with van der Waals surface area (Å²) in [5, 5.41) is 16.2. The normalized spacial score (nSPS) is 13.9. The van der Waals surface area contributed by atoms with Crippen LogP contribution in [0.5, 0.6) is 0 Å². The molecule has 1 aromatic heterocycles. The molecule has 0 saturated heterocycles. The number of aryl methyl sites for hydroxylation is 2. The van der Waals surface area contributed by atoms with Crippen LogP contribution >= 0.6 is 11.6 Å². The number of anilines is 4. The summed E-state index contributed by atoms with van der Waals surface area (Å²) < 4.78 is 5.83. The SMILES string of the molecule is Cc1ccc(C(=O)O)c(N2Cc3c(Cl)ccc(Nc4c(N[C@@H](c5ccc(C)o5)C(C)(C)C)c(=O)c4=O)c3C2=O)c1. The average Bonchev–Trinajstić information content (AvgIpc) is 3.47. The first-order valence-corrected chi connectivity index (χ1v) is 13.1. The van der Waals surface area contributed by atoms with Gasteiger partial charge >= 0.3 is 5.97 Å². The Morgan fingerprint density at radius 2 is 1.73 bits per heavy atom. The number of amides is 1. The number of hydrogen-bond donors (Lipinski definition) is 3. The van der Waals surface area contributed by atoms with Crippen molar-refractivity contribution < 1.29 is 19.1 Å². The molecule has 10 heteroatoms. The Balaban J connectivity index is 1.52. The first-order valence-electron chi connectivity index (χ1n) is 12.7. The van der Waals surface area contributed by atoms with E-state index in [1.807, 2.05) is 39.8 Å². The Kier molecular flexibility index (Phi) is 6.58. The van der Waals surface area contributed by atoms with Crippen LogP contribution in [0.15, 0.2) is 56.5 Å². The number of nitrogens with zero attached hydrogens (tertiary/aromatic N) is 1. The molecule has 5 rings (SSSR count). The van der Waals surface area contributed by atoms with Gasteiger partial charge in [0.15, 0.2) is 0 Å². The minimum Gasteiger partial charge on any atom is -0.478 e. The number of halogens is 1. The number of benzene rings is 2. The summed E-state index contributed by atoms with van der Waals surface area (Å²) >= 11 is 6.47. The van der Waals surface area contributed by atoms with Crippen LogP contribution in [0.3, 0.4) is 0 Å². The van der Waals surface area contributed by atoms with Crippen molar-refractivity contribution >= 4 is 46.2 Å². The van der Waals surface area contributed by atoms with E-state index in [1.54, 1.807) is 31.2 Å². The van der Waals surface area contributed by atoms with Gasteiger partial charge in [-0.25, -0.2) is 4.79 Å². The molecule has 1 aliphatic heterocycles. The third-order valence-electron chi connectivity index (χ3n) is 7.08. The summed E-state index contributed by atoms with van der Waals surface area (Å²) in [4.78, 5) is 52.4. The molecule has 0 fully saturated rings. The molecule has 1 atom stereocenters. The molecule has 0 unspecified atom stereocenters. The van der Waals surface area contributed by atoms with E-state index in [1.165, 1.54) is 11.0 Å². The molecule has 0 spiro atoms. The molecule has 3 aromatic carbocycles. The van der Waals surface area contributed by atoms with Crippen LogP contribution in [0, 0.1) is 19.3 Å². The lowest BCUT2D eigenvalue weighted by atomic mass is 9.85. The Hall–Kier alpha value is -4.37. The number of carboxylic acid groups (broad SMARTS) is 1. The summed E-state index contributed by atoms with van der Waals surface area (Å²) in [6, 6.07) is 11.1. The van der Waals surface area contributed by atoms with Crippen LogP contribution in [0.4, 0.5) is 22.7 Å². The zero-order valence-electron chi connectivity index (χ0n) is 22.6. The van der Waals surface area contributed by atoms with E-state index in [4.69, 9.17) is 16.0 Å². The van der Waals surface area contributed by atoms with E-state index in [0.717, 1.165) is 5.56 Å². The fourth-order valence-electron chi connectivity index (χ4n) is 4.98. The Bertz CT molecular complexity index is 1760. The van der Waals surface area contributed by atoms with Gasteiger partial charge in [-0.3, -0.25) is 14.4 Å². The van der Waals surface area contributed by atoms with Crippen LogP contribution in [0.1, 0.15) is 70.2 Å². The van der Waals surface area contributed by atoms with Crippen molar-refractivity contribution in [1.82, 2.24) is 0 Å². The first kappa shape index (κ1) is 27.2. The molecule has 0 aliphatic carbocycles. The smallest absolute Gasteiger partial charge is 0.337 e. The minimum absolute atomic E-state index is 0.0206. The van der Waals surface area contributed by atoms with Gasteiger partial charge < -0.3 is 25.1 Å². The molecule has 2 heterocycles. The predicted octanol–water partition coefficient (Wildman–Crippen LogP) is 5.95. The number of carbonyl (C=O) groups is 2. The van der Waals surface area contributed by atoms with Crippen molar-refractivity contribution in [2.75, 3.05) is 15.5 Å². The Labute approximate surface area is 235 Å². The minimum atomic E-state index is -1.16. The van der Waals surface area contributed by atoms with Gasteiger partial charge in [-0.05, 0) is 61.2 Å². The lowest BCUT2D eigenvalue weighted by molar-refractivity contribution is 0.0697. The van der Waals surface area contributed by atoms with Crippen LogP contribution in [0.25, 0.3) is 0 Å². The first-order chi connectivity index (χ1) is 18.8. The molecular weight excluding hydrogens is 534 g/mol. The van der Waals surface area contributed by atoms with Gasteiger partial charge in [-0.15, -0.1) is 0 Å². The summed E-state index contributed by atoms with van der Waals surface area (Å²) in [6.07, 6.45) is 0. The van der Waals surface area contributed by atoms with Crippen molar-refractivity contribution in [3.63, 3.8) is 0 Å². The van der Waals surface area contributed by atoms with E-state index in [-0.39, 0.29) is 45.8 Å². The second kappa shape index (κ2) is 9.67. The standard InChI is InChI=1S/C30H28ClN3O6/c1-14-6-8-16(29(38)39)20(12-14)34-13-17-18(31)9-10-19(22(17)28(34)37)32-23-24(26(36)25(23)35)33-27(30(3,4)5)21-11-7-15(2)40-21/h6-12,27,32-33H,13H2,1-5H3,(H,38,39)/t27-/m0/s1. The molecule has 9 nitrogen and oxygen atoms in total. The summed E-state index contributed by atoms with van der Waals surface area (Å²) in [5.74, 6) is -0.300. The van der Waals surface area contributed by atoms with E-state index >= 15 is 0 Å². The van der Waals surface area contributed by atoms with Gasteiger partial charge in [0, 0.05) is 10.6 Å². The largest absolute Gasteiger partial charge is 0.478 e. The number of aromatic carboxylic acids is 1. The number of fused-ring (bicyclic) bond motifs is 1. The van der Waals surface area contributed by atoms with Crippen molar-refractivity contribution in [2.45, 2.75) is 47.2 Å². The quantitative estimate of drug-likeness (QED) is 0.236. The highest BCUT2D eigenvalue weighted by molar-refractivity contribution is 6.33. The molecule has 4 aromatic rings. The van der Waals surface area contributed by atoms with Crippen molar-refractivity contribution in [2.24, 2.45) is 5.41 Å². The van der Waals surface area contributed by atoms with Gasteiger partial charge in [0.05, 0.1) is 35.1 Å².